The van der Waals surface area contributed by atoms with E-state index in [1.165, 1.54) is 5.69 Å². The van der Waals surface area contributed by atoms with Crippen molar-refractivity contribution >= 4 is 16.7 Å². The van der Waals surface area contributed by atoms with E-state index in [1.54, 1.807) is 18.6 Å². The maximum atomic E-state index is 4.60. The van der Waals surface area contributed by atoms with Crippen LogP contribution in [-0.2, 0) is 0 Å². The van der Waals surface area contributed by atoms with E-state index in [0.717, 1.165) is 22.3 Å². The van der Waals surface area contributed by atoms with Gasteiger partial charge in [-0.15, -0.1) is 0 Å². The average Bonchev–Trinajstić information content (AvgIpc) is 2.47. The van der Waals surface area contributed by atoms with Gasteiger partial charge in [-0.2, -0.15) is 0 Å². The molecule has 0 bridgehead atoms. The Bertz CT molecular complexity index is 705. The molecule has 0 aliphatic carbocycles. The number of rotatable bonds is 2. The minimum atomic E-state index is 0.816. The SMILES string of the molecule is CN(C)c1ccc(-c2cnc3cnccc3n2)cc1. The second-order valence-electron chi connectivity index (χ2n) is 4.56. The van der Waals surface area contributed by atoms with E-state index in [1.807, 2.05) is 20.2 Å². The summed E-state index contributed by atoms with van der Waals surface area (Å²) in [7, 11) is 4.05. The van der Waals surface area contributed by atoms with Crippen LogP contribution < -0.4 is 4.90 Å². The van der Waals surface area contributed by atoms with Crippen LogP contribution in [0.15, 0.2) is 48.9 Å². The molecule has 4 nitrogen and oxygen atoms in total. The summed E-state index contributed by atoms with van der Waals surface area (Å²) in [6, 6.07) is 10.2. The minimum Gasteiger partial charge on any atom is -0.378 e. The third-order valence-corrected chi connectivity index (χ3v) is 3.02. The van der Waals surface area contributed by atoms with Crippen molar-refractivity contribution in [1.29, 1.82) is 0 Å². The second kappa shape index (κ2) is 4.65. The van der Waals surface area contributed by atoms with Gasteiger partial charge in [0.05, 0.1) is 23.6 Å². The Kier molecular flexibility index (Phi) is 2.83. The van der Waals surface area contributed by atoms with E-state index < -0.39 is 0 Å². The molecule has 4 heteroatoms. The molecule has 94 valence electrons. The van der Waals surface area contributed by atoms with Crippen LogP contribution in [0.5, 0.6) is 0 Å². The van der Waals surface area contributed by atoms with Gasteiger partial charge in [0.15, 0.2) is 0 Å². The lowest BCUT2D eigenvalue weighted by atomic mass is 10.1. The summed E-state index contributed by atoms with van der Waals surface area (Å²) in [5, 5.41) is 0. The zero-order chi connectivity index (χ0) is 13.2. The zero-order valence-electron chi connectivity index (χ0n) is 10.9. The van der Waals surface area contributed by atoms with Gasteiger partial charge in [-0.3, -0.25) is 9.97 Å². The molecule has 0 saturated carbocycles. The molecular weight excluding hydrogens is 236 g/mol. The lowest BCUT2D eigenvalue weighted by Gasteiger charge is -2.12. The lowest BCUT2D eigenvalue weighted by molar-refractivity contribution is 1.13. The van der Waals surface area contributed by atoms with E-state index in [9.17, 15) is 0 Å². The lowest BCUT2D eigenvalue weighted by Crippen LogP contribution is -2.07. The molecule has 2 heterocycles. The topological polar surface area (TPSA) is 41.9 Å². The van der Waals surface area contributed by atoms with Gasteiger partial charge < -0.3 is 4.90 Å². The van der Waals surface area contributed by atoms with Crippen LogP contribution in [0.3, 0.4) is 0 Å². The van der Waals surface area contributed by atoms with Crippen LogP contribution in [0.4, 0.5) is 5.69 Å². The number of benzene rings is 1. The molecule has 0 radical (unpaired) electrons. The monoisotopic (exact) mass is 250 g/mol. The Morgan fingerprint density at radius 3 is 2.42 bits per heavy atom. The van der Waals surface area contributed by atoms with E-state index in [0.29, 0.717) is 0 Å². The summed E-state index contributed by atoms with van der Waals surface area (Å²) in [6.45, 7) is 0. The first kappa shape index (κ1) is 11.6. The first-order chi connectivity index (χ1) is 9.24. The van der Waals surface area contributed by atoms with Gasteiger partial charge in [0.1, 0.15) is 5.52 Å². The first-order valence-corrected chi connectivity index (χ1v) is 6.08. The van der Waals surface area contributed by atoms with Crippen molar-refractivity contribution in [2.24, 2.45) is 0 Å². The van der Waals surface area contributed by atoms with Crippen LogP contribution in [-0.4, -0.2) is 29.0 Å². The van der Waals surface area contributed by atoms with Gasteiger partial charge in [-0.25, -0.2) is 4.98 Å². The minimum absolute atomic E-state index is 0.816. The highest BCUT2D eigenvalue weighted by molar-refractivity contribution is 5.76. The fourth-order valence-electron chi connectivity index (χ4n) is 1.93. The van der Waals surface area contributed by atoms with Crippen molar-refractivity contribution in [2.45, 2.75) is 0 Å². The van der Waals surface area contributed by atoms with Crippen LogP contribution in [0.1, 0.15) is 0 Å². The van der Waals surface area contributed by atoms with E-state index >= 15 is 0 Å². The molecule has 1 aromatic carbocycles. The Morgan fingerprint density at radius 2 is 1.68 bits per heavy atom. The number of nitrogens with zero attached hydrogens (tertiary/aromatic N) is 4. The number of aromatic nitrogens is 3. The van der Waals surface area contributed by atoms with Crippen molar-refractivity contribution in [3.63, 3.8) is 0 Å². The van der Waals surface area contributed by atoms with E-state index in [4.69, 9.17) is 0 Å². The van der Waals surface area contributed by atoms with Crippen molar-refractivity contribution in [3.05, 3.63) is 48.9 Å². The van der Waals surface area contributed by atoms with Crippen LogP contribution in [0.25, 0.3) is 22.3 Å². The maximum absolute atomic E-state index is 4.60. The molecule has 2 aromatic heterocycles. The summed E-state index contributed by atoms with van der Waals surface area (Å²) in [6.07, 6.45) is 5.24. The molecule has 0 atom stereocenters. The van der Waals surface area contributed by atoms with Gasteiger partial charge in [0, 0.05) is 31.5 Å². The smallest absolute Gasteiger partial charge is 0.107 e. The van der Waals surface area contributed by atoms with Crippen molar-refractivity contribution in [3.8, 4) is 11.3 Å². The highest BCUT2D eigenvalue weighted by atomic mass is 15.1. The molecule has 19 heavy (non-hydrogen) atoms. The standard InChI is InChI=1S/C15H14N4/c1-19(2)12-5-3-11(4-6-12)14-10-17-15-9-16-8-7-13(15)18-14/h3-10H,1-2H3. The summed E-state index contributed by atoms with van der Waals surface area (Å²) >= 11 is 0. The third-order valence-electron chi connectivity index (χ3n) is 3.02. The quantitative estimate of drug-likeness (QED) is 0.701. The molecule has 0 aliphatic heterocycles. The fourth-order valence-corrected chi connectivity index (χ4v) is 1.93. The Labute approximate surface area is 111 Å². The van der Waals surface area contributed by atoms with Crippen molar-refractivity contribution in [2.75, 3.05) is 19.0 Å². The number of fused-ring (bicyclic) bond motifs is 1. The van der Waals surface area contributed by atoms with Gasteiger partial charge in [0.2, 0.25) is 0 Å². The second-order valence-corrected chi connectivity index (χ2v) is 4.56. The van der Waals surface area contributed by atoms with Crippen LogP contribution >= 0.6 is 0 Å². The summed E-state index contributed by atoms with van der Waals surface area (Å²) in [5.41, 5.74) is 4.79. The predicted octanol–water partition coefficient (Wildman–Crippen LogP) is 2.76. The van der Waals surface area contributed by atoms with Crippen molar-refractivity contribution in [1.82, 2.24) is 15.0 Å². The molecule has 0 amide bonds. The molecule has 0 fully saturated rings. The zero-order valence-corrected chi connectivity index (χ0v) is 10.9. The summed E-state index contributed by atoms with van der Waals surface area (Å²) in [5.74, 6) is 0. The van der Waals surface area contributed by atoms with Gasteiger partial charge >= 0.3 is 0 Å². The first-order valence-electron chi connectivity index (χ1n) is 6.08. The predicted molar refractivity (Wildman–Crippen MR) is 77.1 cm³/mol. The van der Waals surface area contributed by atoms with Gasteiger partial charge in [-0.1, -0.05) is 12.1 Å². The molecule has 0 aliphatic rings. The number of anilines is 1. The molecule has 0 spiro atoms. The Balaban J connectivity index is 2.03. The largest absolute Gasteiger partial charge is 0.378 e. The molecule has 0 unspecified atom stereocenters. The molecule has 3 aromatic rings. The average molecular weight is 250 g/mol. The van der Waals surface area contributed by atoms with Crippen LogP contribution in [0.2, 0.25) is 0 Å². The molecule has 0 saturated heterocycles. The summed E-state index contributed by atoms with van der Waals surface area (Å²) < 4.78 is 0. The number of hydrogen-bond acceptors (Lipinski definition) is 4. The molecule has 0 N–H and O–H groups in total. The Morgan fingerprint density at radius 1 is 0.895 bits per heavy atom. The Hall–Kier alpha value is -2.49. The highest BCUT2D eigenvalue weighted by Crippen LogP contribution is 2.21. The molecule has 3 rings (SSSR count). The maximum Gasteiger partial charge on any atom is 0.107 e. The van der Waals surface area contributed by atoms with Gasteiger partial charge in [-0.05, 0) is 18.2 Å². The third kappa shape index (κ3) is 2.25. The fraction of sp³-hybridized carbons (Fsp3) is 0.133. The van der Waals surface area contributed by atoms with E-state index in [-0.39, 0.29) is 0 Å². The number of hydrogen-bond donors (Lipinski definition) is 0. The summed E-state index contributed by atoms with van der Waals surface area (Å²) in [4.78, 5) is 15.1. The van der Waals surface area contributed by atoms with E-state index in [2.05, 4.69) is 44.1 Å². The highest BCUT2D eigenvalue weighted by Gasteiger charge is 2.03. The van der Waals surface area contributed by atoms with Crippen LogP contribution in [0, 0.1) is 0 Å². The normalized spacial score (nSPS) is 10.6. The van der Waals surface area contributed by atoms with Gasteiger partial charge in [0.25, 0.3) is 0 Å². The van der Waals surface area contributed by atoms with Crippen molar-refractivity contribution < 1.29 is 0 Å². The molecular formula is C15H14N4. The number of pyridine rings is 1.